The van der Waals surface area contributed by atoms with E-state index in [-0.39, 0.29) is 5.41 Å². The summed E-state index contributed by atoms with van der Waals surface area (Å²) in [7, 11) is 0. The van der Waals surface area contributed by atoms with Gasteiger partial charge in [0.1, 0.15) is 0 Å². The summed E-state index contributed by atoms with van der Waals surface area (Å²) in [5.74, 6) is 0. The van der Waals surface area contributed by atoms with Crippen molar-refractivity contribution in [3.8, 4) is 145 Å². The van der Waals surface area contributed by atoms with Crippen molar-refractivity contribution in [2.45, 2.75) is 344 Å². The molecule has 0 radical (unpaired) electrons. The predicted molar refractivity (Wildman–Crippen MR) is 649 cm³/mol. The molecule has 0 unspecified atom stereocenters. The first-order valence-corrected chi connectivity index (χ1v) is 59.1. The Bertz CT molecular complexity index is 7010. The molecule has 2 aliphatic carbocycles. The van der Waals surface area contributed by atoms with E-state index >= 15 is 0 Å². The highest BCUT2D eigenvalue weighted by atomic mass is 14.5. The van der Waals surface area contributed by atoms with E-state index < -0.39 is 5.41 Å². The molecule has 0 bridgehead atoms. The molecule has 0 amide bonds. The number of rotatable bonds is 53. The molecule has 0 saturated heterocycles. The van der Waals surface area contributed by atoms with Crippen LogP contribution >= 0.6 is 0 Å². The lowest BCUT2D eigenvalue weighted by Crippen LogP contribution is -2.28. The van der Waals surface area contributed by atoms with Crippen LogP contribution in [-0.2, 0) is 62.2 Å². The molecule has 16 aromatic rings. The van der Waals surface area contributed by atoms with E-state index in [1.165, 1.54) is 434 Å². The molecule has 149 heavy (non-hydrogen) atoms. The zero-order valence-corrected chi connectivity index (χ0v) is 92.5. The van der Waals surface area contributed by atoms with E-state index in [4.69, 9.17) is 0 Å². The van der Waals surface area contributed by atoms with Crippen molar-refractivity contribution >= 4 is 0 Å². The molecule has 0 spiro atoms. The third-order valence-corrected chi connectivity index (χ3v) is 33.9. The molecule has 0 N–H and O–H groups in total. The first kappa shape index (κ1) is 106. The summed E-state index contributed by atoms with van der Waals surface area (Å²) in [6.45, 7) is 26.0. The Morgan fingerprint density at radius 2 is 0.342 bits per heavy atom. The highest BCUT2D eigenvalue weighted by Gasteiger charge is 2.46. The molecular weight excluding hydrogens is 1790 g/mol. The summed E-state index contributed by atoms with van der Waals surface area (Å²) in [4.78, 5) is 0. The van der Waals surface area contributed by atoms with Crippen LogP contribution in [0.25, 0.3) is 145 Å². The number of hydrogen-bond donors (Lipinski definition) is 0. The van der Waals surface area contributed by atoms with Gasteiger partial charge in [0.2, 0.25) is 0 Å². The summed E-state index contributed by atoms with van der Waals surface area (Å²) in [5, 5.41) is 0. The van der Waals surface area contributed by atoms with Gasteiger partial charge in [-0.2, -0.15) is 0 Å². The van der Waals surface area contributed by atoms with E-state index in [1.807, 2.05) is 0 Å². The van der Waals surface area contributed by atoms with Crippen LogP contribution in [0.4, 0.5) is 0 Å². The van der Waals surface area contributed by atoms with Gasteiger partial charge in [-0.15, -0.1) is 0 Å². The van der Waals surface area contributed by atoms with Crippen LogP contribution in [0.5, 0.6) is 0 Å². The first-order valence-electron chi connectivity index (χ1n) is 59.1. The smallest absolute Gasteiger partial charge is 0.0654 e. The van der Waals surface area contributed by atoms with Gasteiger partial charge in [-0.25, -0.2) is 0 Å². The Hall–Kier alpha value is -12.5. The lowest BCUT2D eigenvalue weighted by Gasteiger charge is -2.34. The van der Waals surface area contributed by atoms with Crippen molar-refractivity contribution in [2.75, 3.05) is 0 Å². The molecule has 18 rings (SSSR count). The summed E-state index contributed by atoms with van der Waals surface area (Å²) < 4.78 is 0. The molecule has 2 aliphatic rings. The predicted octanol–water partition coefficient (Wildman–Crippen LogP) is 44.0. The summed E-state index contributed by atoms with van der Waals surface area (Å²) in [6, 6.07) is 132. The van der Waals surface area contributed by atoms with Crippen molar-refractivity contribution in [3.05, 3.63) is 417 Å². The van der Waals surface area contributed by atoms with Gasteiger partial charge in [-0.3, -0.25) is 0 Å². The normalized spacial score (nSPS) is 12.6. The highest BCUT2D eigenvalue weighted by Crippen LogP contribution is 2.58. The largest absolute Gasteiger partial charge is 0.0713 e. The Labute approximate surface area is 899 Å². The van der Waals surface area contributed by atoms with E-state index in [2.05, 4.69) is 410 Å². The molecule has 0 nitrogen and oxygen atoms in total. The molecule has 0 heterocycles. The number of hydrogen-bond acceptors (Lipinski definition) is 0. The van der Waals surface area contributed by atoms with Crippen LogP contribution in [0.3, 0.4) is 0 Å². The van der Waals surface area contributed by atoms with Crippen LogP contribution in [-0.4, -0.2) is 0 Å². The third kappa shape index (κ3) is 24.6. The van der Waals surface area contributed by atoms with Gasteiger partial charge in [0.15, 0.2) is 0 Å². The molecule has 0 aromatic heterocycles. The minimum atomic E-state index is -0.440. The van der Waals surface area contributed by atoms with Gasteiger partial charge in [0.25, 0.3) is 0 Å². The second-order valence-electron chi connectivity index (χ2n) is 44.8. The number of benzene rings is 16. The molecular formula is C149H168. The zero-order valence-electron chi connectivity index (χ0n) is 92.5. The Kier molecular flexibility index (Phi) is 37.0. The third-order valence-electron chi connectivity index (χ3n) is 33.9. The summed E-state index contributed by atoms with van der Waals surface area (Å²) >= 11 is 0. The van der Waals surface area contributed by atoms with Crippen molar-refractivity contribution in [1.29, 1.82) is 0 Å². The standard InChI is InChI=1S/C149H168/c1-12-20-28-38-52-120-97-137(124(96-107(120)9)53-39-29-21-13-2)114-78-80-115(81-79-114)140-100-128(57-43-33-25-17-6)141(101-127(140)56-42-32-24-16-5)118-86-88-119(89-87-118)143-103-129(58-44-34-26-18-7)142(102-130(143)59-45-35-27-19-8)117-84-82-116(83-85-117)139-99-125(54-40-30-22-14-3)138(98-126(139)55-41-31-23-15-4)113-76-74-109(75-77-113)108-66-68-110(69-67-108)121-90-93-134-135-94-91-122(105-146(135)148(10,11)145(134)104-121)111-70-72-112(73-71-111)123-92-95-136-133-64-50-51-65-144(133)149(147(136)106-123,131-60-46-36-47-61-131)132-62-48-37-49-63-132/h36-37,46-51,60-106H,12-35,38-45,52-59H2,1-11H3. The zero-order chi connectivity index (χ0) is 103. The van der Waals surface area contributed by atoms with Crippen molar-refractivity contribution < 1.29 is 0 Å². The molecule has 0 aliphatic heterocycles. The fourth-order valence-electron chi connectivity index (χ4n) is 25.2. The fraction of sp³-hybridized carbons (Fsp3) is 0.356. The summed E-state index contributed by atoms with van der Waals surface area (Å²) in [6.07, 6.45) is 48.9. The maximum Gasteiger partial charge on any atom is 0.0713 e. The van der Waals surface area contributed by atoms with E-state index in [9.17, 15) is 0 Å². The SMILES string of the molecule is CCCCCCc1cc(-c2ccc(-c3cc(CCCCCC)c(-c4ccc(-c5cc(CCCCCC)c(-c6ccc(-c7cc(CCCCCC)c(-c8ccc(-c9ccc(-c%10ccc%11c(c%10)C(C)(C)c%10cc(-c%12ccc(-c%13ccc%14c(c%13)C(c%13ccccc%13)(c%13ccccc%13)c%13ccccc%13-%14)cc%12)ccc%10-%11)cc9)cc8)cc7CCCCCC)cc6)cc5CCCCCC)cc4)cc3CCCCCC)cc2)c(CCCCCC)cc1C. The quantitative estimate of drug-likeness (QED) is 0.0333. The average molecular weight is 1960 g/mol. The molecule has 0 saturated carbocycles. The van der Waals surface area contributed by atoms with Crippen molar-refractivity contribution in [1.82, 2.24) is 0 Å². The number of unbranched alkanes of at least 4 members (excludes halogenated alkanes) is 24. The second-order valence-corrected chi connectivity index (χ2v) is 44.8. The molecule has 0 fully saturated rings. The maximum atomic E-state index is 2.67. The van der Waals surface area contributed by atoms with Crippen LogP contribution in [0.15, 0.2) is 334 Å². The van der Waals surface area contributed by atoms with Crippen LogP contribution in [0, 0.1) is 6.92 Å². The Morgan fingerprint density at radius 3 is 0.604 bits per heavy atom. The molecule has 0 heteroatoms. The minimum Gasteiger partial charge on any atom is -0.0654 e. The van der Waals surface area contributed by atoms with Gasteiger partial charge in [-0.1, -0.05) is 539 Å². The fourth-order valence-corrected chi connectivity index (χ4v) is 25.2. The van der Waals surface area contributed by atoms with Gasteiger partial charge >= 0.3 is 0 Å². The van der Waals surface area contributed by atoms with Crippen molar-refractivity contribution in [2.24, 2.45) is 0 Å². The minimum absolute atomic E-state index is 0.187. The van der Waals surface area contributed by atoms with Gasteiger partial charge in [-0.05, 0) is 356 Å². The highest BCUT2D eigenvalue weighted by molar-refractivity contribution is 5.92. The molecule has 16 aromatic carbocycles. The Balaban J connectivity index is 0.605. The summed E-state index contributed by atoms with van der Waals surface area (Å²) in [5.41, 5.74) is 55.5. The molecule has 764 valence electrons. The monoisotopic (exact) mass is 1960 g/mol. The lowest BCUT2D eigenvalue weighted by molar-refractivity contribution is 0.661. The maximum absolute atomic E-state index is 2.67. The van der Waals surface area contributed by atoms with E-state index in [1.54, 1.807) is 5.56 Å². The van der Waals surface area contributed by atoms with Gasteiger partial charge in [0, 0.05) is 5.41 Å². The van der Waals surface area contributed by atoms with Gasteiger partial charge in [0.05, 0.1) is 5.41 Å². The molecule has 0 atom stereocenters. The van der Waals surface area contributed by atoms with Crippen molar-refractivity contribution in [3.63, 3.8) is 0 Å². The van der Waals surface area contributed by atoms with E-state index in [0.29, 0.717) is 0 Å². The van der Waals surface area contributed by atoms with Crippen LogP contribution in [0.1, 0.15) is 358 Å². The number of aryl methyl sites for hydroxylation is 9. The topological polar surface area (TPSA) is 0 Å². The van der Waals surface area contributed by atoms with Gasteiger partial charge < -0.3 is 0 Å². The van der Waals surface area contributed by atoms with Crippen LogP contribution < -0.4 is 0 Å². The van der Waals surface area contributed by atoms with Crippen LogP contribution in [0.2, 0.25) is 0 Å². The Morgan fingerprint density at radius 1 is 0.148 bits per heavy atom. The first-order chi connectivity index (χ1) is 73.2. The second kappa shape index (κ2) is 51.8. The lowest BCUT2D eigenvalue weighted by atomic mass is 9.67. The number of fused-ring (bicyclic) bond motifs is 6. The average Bonchev–Trinajstić information content (AvgIpc) is 1.54. The van der Waals surface area contributed by atoms with E-state index in [0.717, 1.165) is 44.9 Å².